The molecule has 45 heavy (non-hydrogen) atoms. The third kappa shape index (κ3) is 14.7. The zero-order valence-corrected chi connectivity index (χ0v) is 29.3. The van der Waals surface area contributed by atoms with E-state index in [-0.39, 0.29) is 49.9 Å². The number of benzene rings is 3. The Balaban J connectivity index is 0.000000567. The van der Waals surface area contributed by atoms with E-state index in [4.69, 9.17) is 10.2 Å². The van der Waals surface area contributed by atoms with E-state index in [1.54, 1.807) is 52.7 Å². The number of carbonyl (C=O) groups is 4. The summed E-state index contributed by atoms with van der Waals surface area (Å²) in [7, 11) is 6.75. The Labute approximate surface area is 280 Å². The molecule has 3 aromatic carbocycles. The van der Waals surface area contributed by atoms with Gasteiger partial charge in [-0.2, -0.15) is 0 Å². The Morgan fingerprint density at radius 2 is 0.911 bits per heavy atom. The third-order valence-electron chi connectivity index (χ3n) is 5.01. The number of nitrogens with zero attached hydrogens (tertiary/aromatic N) is 4. The van der Waals surface area contributed by atoms with Crippen molar-refractivity contribution in [3.8, 4) is 11.5 Å². The number of aromatic nitrogens is 2. The number of aromatic hydroxyl groups is 2. The Morgan fingerprint density at radius 1 is 0.600 bits per heavy atom. The summed E-state index contributed by atoms with van der Waals surface area (Å²) in [5.41, 5.74) is 1.60. The van der Waals surface area contributed by atoms with Crippen molar-refractivity contribution in [3.05, 3.63) is 108 Å². The largest absolute Gasteiger partial charge is 2.00 e. The number of carboxylic acid groups (broad SMARTS) is 2. The third-order valence-corrected chi connectivity index (χ3v) is 5.01. The van der Waals surface area contributed by atoms with Crippen LogP contribution in [-0.4, -0.2) is 82.9 Å². The first-order valence-electron chi connectivity index (χ1n) is 12.7. The number of carboxylic acids is 2. The molecule has 13 heteroatoms. The van der Waals surface area contributed by atoms with Gasteiger partial charge in [-0.25, -0.2) is 0 Å². The van der Waals surface area contributed by atoms with E-state index >= 15 is 0 Å². The molecule has 2 amide bonds. The molecule has 0 saturated carbocycles. The second-order valence-electron chi connectivity index (χ2n) is 8.96. The Kier molecular flexibility index (Phi) is 19.1. The summed E-state index contributed by atoms with van der Waals surface area (Å²) in [4.78, 5) is 50.7. The number of para-hydroxylation sites is 2. The predicted octanol–water partition coefficient (Wildman–Crippen LogP) is 1.70. The van der Waals surface area contributed by atoms with Crippen LogP contribution in [0.5, 0.6) is 11.5 Å². The van der Waals surface area contributed by atoms with Crippen molar-refractivity contribution in [1.29, 1.82) is 0 Å². The van der Waals surface area contributed by atoms with Crippen molar-refractivity contribution in [2.45, 2.75) is 0 Å². The fourth-order valence-corrected chi connectivity index (χ4v) is 2.97. The maximum absolute atomic E-state index is 10.2. The van der Waals surface area contributed by atoms with Crippen LogP contribution in [0.4, 0.5) is 0 Å². The number of hydrogen-bond donors (Lipinski definition) is 2. The smallest absolute Gasteiger partial charge is 0.545 e. The minimum Gasteiger partial charge on any atom is -0.545 e. The SMILES string of the molecule is CN(C)C=O.CN(C)C=O.O=C([O-])c1ccccc1O.O=C([O-])c1ccccc1O.[Cd+2].c1cnc2c(c1)ccc1cccnc12. The average Bonchev–Trinajstić information content (AvgIpc) is 3.02. The summed E-state index contributed by atoms with van der Waals surface area (Å²) >= 11 is 0. The number of pyridine rings is 2. The van der Waals surface area contributed by atoms with Gasteiger partial charge in [0.05, 0.1) is 23.0 Å². The van der Waals surface area contributed by atoms with E-state index in [1.807, 2.05) is 12.1 Å². The Morgan fingerprint density at radius 3 is 1.16 bits per heavy atom. The van der Waals surface area contributed by atoms with Gasteiger partial charge in [0.1, 0.15) is 11.5 Å². The monoisotopic (exact) mass is 714 g/mol. The molecule has 5 aromatic rings. The molecular formula is C32H32CdN4O8. The normalized spacial score (nSPS) is 8.98. The Bertz CT molecular complexity index is 1540. The van der Waals surface area contributed by atoms with Gasteiger partial charge in [0.2, 0.25) is 12.8 Å². The number of carbonyl (C=O) groups excluding carboxylic acids is 4. The van der Waals surface area contributed by atoms with Crippen LogP contribution in [-0.2, 0) is 36.9 Å². The summed E-state index contributed by atoms with van der Waals surface area (Å²) in [6.45, 7) is 0. The van der Waals surface area contributed by atoms with Gasteiger partial charge in [0.15, 0.2) is 0 Å². The van der Waals surface area contributed by atoms with E-state index < -0.39 is 11.9 Å². The zero-order chi connectivity index (χ0) is 33.1. The van der Waals surface area contributed by atoms with Crippen LogP contribution in [0.3, 0.4) is 0 Å². The minimum absolute atomic E-state index is 0. The molecule has 0 saturated heterocycles. The number of aromatic carboxylic acids is 2. The van der Waals surface area contributed by atoms with Crippen LogP contribution in [0.15, 0.2) is 97.3 Å². The van der Waals surface area contributed by atoms with Gasteiger partial charge in [-0.05, 0) is 36.4 Å². The minimum atomic E-state index is -1.36. The summed E-state index contributed by atoms with van der Waals surface area (Å²) in [6, 6.07) is 23.4. The molecule has 2 aromatic heterocycles. The van der Waals surface area contributed by atoms with Crippen LogP contribution in [0, 0.1) is 0 Å². The fourth-order valence-electron chi connectivity index (χ4n) is 2.97. The summed E-state index contributed by atoms with van der Waals surface area (Å²) in [5, 5.41) is 40.3. The average molecular weight is 713 g/mol. The molecule has 0 bridgehead atoms. The number of rotatable bonds is 4. The standard InChI is InChI=1S/C12H8N2.2C7H6O3.2C3H7NO.Cd/c1-3-9-5-6-10-4-2-8-14-12(10)11(9)13-7-1;2*8-6-4-2-1-3-5(6)7(9)10;2*1-4(2)3-5;/h1-8H;2*1-4,8H,(H,9,10);2*3H,1-2H3;/q;;;;;+2/p-2. The second-order valence-corrected chi connectivity index (χ2v) is 8.96. The van der Waals surface area contributed by atoms with Gasteiger partial charge >= 0.3 is 27.3 Å². The maximum Gasteiger partial charge on any atom is 2.00 e. The fraction of sp³-hybridized carbons (Fsp3) is 0.125. The van der Waals surface area contributed by atoms with E-state index in [2.05, 4.69) is 34.2 Å². The first-order chi connectivity index (χ1) is 20.9. The van der Waals surface area contributed by atoms with Crippen molar-refractivity contribution in [2.24, 2.45) is 0 Å². The molecule has 0 aliphatic carbocycles. The van der Waals surface area contributed by atoms with E-state index in [0.717, 1.165) is 34.6 Å². The molecule has 230 valence electrons. The molecule has 2 N–H and O–H groups in total. The topological polar surface area (TPSA) is 187 Å². The Hall–Kier alpha value is -5.12. The van der Waals surface area contributed by atoms with Gasteiger partial charge in [-0.3, -0.25) is 19.6 Å². The van der Waals surface area contributed by atoms with Crippen molar-refractivity contribution in [2.75, 3.05) is 28.2 Å². The first-order valence-corrected chi connectivity index (χ1v) is 12.7. The summed E-state index contributed by atoms with van der Waals surface area (Å²) < 4.78 is 0. The quantitative estimate of drug-likeness (QED) is 0.158. The van der Waals surface area contributed by atoms with Crippen LogP contribution in [0.2, 0.25) is 0 Å². The molecule has 0 fully saturated rings. The number of hydrogen-bond acceptors (Lipinski definition) is 10. The van der Waals surface area contributed by atoms with Gasteiger partial charge in [-0.1, -0.05) is 48.5 Å². The molecule has 5 rings (SSSR count). The van der Waals surface area contributed by atoms with Crippen LogP contribution < -0.4 is 10.2 Å². The molecule has 0 atom stereocenters. The number of phenols is 2. The molecule has 0 spiro atoms. The predicted molar refractivity (Wildman–Crippen MR) is 161 cm³/mol. The van der Waals surface area contributed by atoms with Crippen molar-refractivity contribution in [3.63, 3.8) is 0 Å². The van der Waals surface area contributed by atoms with Crippen LogP contribution in [0.1, 0.15) is 20.7 Å². The van der Waals surface area contributed by atoms with Crippen LogP contribution >= 0.6 is 0 Å². The first kappa shape index (κ1) is 39.9. The van der Waals surface area contributed by atoms with Gasteiger partial charge < -0.3 is 39.8 Å². The maximum atomic E-state index is 10.2. The molecule has 0 aliphatic rings. The molecule has 0 unspecified atom stereocenters. The second kappa shape index (κ2) is 21.6. The summed E-state index contributed by atoms with van der Waals surface area (Å²) in [5.74, 6) is -3.25. The summed E-state index contributed by atoms with van der Waals surface area (Å²) in [6.07, 6.45) is 5.10. The van der Waals surface area contributed by atoms with Crippen molar-refractivity contribution >= 4 is 46.6 Å². The molecule has 0 aliphatic heterocycles. The van der Waals surface area contributed by atoms with Crippen LogP contribution in [0.25, 0.3) is 21.8 Å². The molecular weight excluding hydrogens is 681 g/mol. The van der Waals surface area contributed by atoms with E-state index in [9.17, 15) is 29.4 Å². The molecule has 12 nitrogen and oxygen atoms in total. The van der Waals surface area contributed by atoms with Gasteiger partial charge in [0, 0.05) is 62.5 Å². The zero-order valence-electron chi connectivity index (χ0n) is 25.2. The number of fused-ring (bicyclic) bond motifs is 3. The number of amides is 2. The van der Waals surface area contributed by atoms with Crippen molar-refractivity contribution < 1.29 is 66.9 Å². The molecule has 0 radical (unpaired) electrons. The van der Waals surface area contributed by atoms with Gasteiger partial charge in [0.25, 0.3) is 0 Å². The van der Waals surface area contributed by atoms with Gasteiger partial charge in [-0.15, -0.1) is 0 Å². The van der Waals surface area contributed by atoms with E-state index in [1.165, 1.54) is 46.2 Å². The van der Waals surface area contributed by atoms with Crippen molar-refractivity contribution in [1.82, 2.24) is 19.8 Å². The van der Waals surface area contributed by atoms with E-state index in [0.29, 0.717) is 0 Å². The molecule has 2 heterocycles.